The van der Waals surface area contributed by atoms with E-state index in [1.54, 1.807) is 0 Å². The van der Waals surface area contributed by atoms with Gasteiger partial charge in [0.15, 0.2) is 6.29 Å². The Hall–Kier alpha value is -2.37. The molecule has 0 saturated heterocycles. The Balaban J connectivity index is 2.46. The van der Waals surface area contributed by atoms with Gasteiger partial charge < -0.3 is 4.74 Å². The minimum Gasteiger partial charge on any atom is -0.493 e. The molecule has 0 amide bonds. The molecule has 22 heavy (non-hydrogen) atoms. The van der Waals surface area contributed by atoms with Crippen LogP contribution in [0.4, 0.5) is 13.2 Å². The average molecular weight is 309 g/mol. The summed E-state index contributed by atoms with van der Waals surface area (Å²) in [6.45, 7) is 4.09. The van der Waals surface area contributed by atoms with Gasteiger partial charge in [-0.1, -0.05) is 13.8 Å². The summed E-state index contributed by atoms with van der Waals surface area (Å²) in [5.41, 5.74) is -1.29. The van der Waals surface area contributed by atoms with E-state index in [1.165, 1.54) is 0 Å². The highest BCUT2D eigenvalue weighted by Gasteiger charge is 2.19. The molecule has 1 aromatic heterocycles. The predicted molar refractivity (Wildman–Crippen MR) is 75.3 cm³/mol. The van der Waals surface area contributed by atoms with Crippen LogP contribution in [0, 0.1) is 23.4 Å². The van der Waals surface area contributed by atoms with Crippen LogP contribution in [-0.4, -0.2) is 17.9 Å². The van der Waals surface area contributed by atoms with Gasteiger partial charge in [0.05, 0.1) is 12.2 Å². The summed E-state index contributed by atoms with van der Waals surface area (Å²) in [6, 6.07) is 4.00. The number of rotatable bonds is 5. The van der Waals surface area contributed by atoms with Crippen LogP contribution < -0.4 is 4.74 Å². The topological polar surface area (TPSA) is 39.2 Å². The molecule has 0 radical (unpaired) electrons. The molecule has 6 heteroatoms. The highest BCUT2D eigenvalue weighted by atomic mass is 19.1. The van der Waals surface area contributed by atoms with Crippen LogP contribution in [0.2, 0.25) is 0 Å². The van der Waals surface area contributed by atoms with Gasteiger partial charge in [-0.3, -0.25) is 4.79 Å². The Morgan fingerprint density at radius 2 is 1.77 bits per heavy atom. The molecule has 2 rings (SSSR count). The molecule has 116 valence electrons. The number of benzene rings is 1. The molecule has 0 unspecified atom stereocenters. The Labute approximate surface area is 125 Å². The van der Waals surface area contributed by atoms with E-state index in [1.807, 2.05) is 13.8 Å². The Bertz CT molecular complexity index is 679. The molecule has 0 fully saturated rings. The van der Waals surface area contributed by atoms with E-state index in [4.69, 9.17) is 4.74 Å². The number of pyridine rings is 1. The summed E-state index contributed by atoms with van der Waals surface area (Å²) in [5.74, 6) is -2.73. The van der Waals surface area contributed by atoms with Crippen LogP contribution in [0.5, 0.6) is 5.75 Å². The third-order valence-corrected chi connectivity index (χ3v) is 2.82. The Morgan fingerprint density at radius 1 is 1.14 bits per heavy atom. The van der Waals surface area contributed by atoms with Crippen molar-refractivity contribution in [2.45, 2.75) is 13.8 Å². The van der Waals surface area contributed by atoms with Gasteiger partial charge in [0, 0.05) is 12.1 Å². The van der Waals surface area contributed by atoms with Crippen molar-refractivity contribution in [3.05, 3.63) is 47.4 Å². The van der Waals surface area contributed by atoms with Gasteiger partial charge in [0.1, 0.15) is 34.6 Å². The van der Waals surface area contributed by atoms with E-state index in [2.05, 4.69) is 4.98 Å². The van der Waals surface area contributed by atoms with Gasteiger partial charge in [-0.25, -0.2) is 18.2 Å². The van der Waals surface area contributed by atoms with Crippen molar-refractivity contribution in [1.29, 1.82) is 0 Å². The van der Waals surface area contributed by atoms with E-state index >= 15 is 0 Å². The Morgan fingerprint density at radius 3 is 2.32 bits per heavy atom. The van der Waals surface area contributed by atoms with Crippen LogP contribution in [0.3, 0.4) is 0 Å². The molecule has 1 aromatic carbocycles. The number of carbonyl (C=O) groups is 1. The van der Waals surface area contributed by atoms with Gasteiger partial charge in [-0.05, 0) is 18.1 Å². The molecule has 0 saturated carbocycles. The zero-order valence-corrected chi connectivity index (χ0v) is 12.1. The predicted octanol–water partition coefficient (Wildman–Crippen LogP) is 4.01. The first kappa shape index (κ1) is 16.0. The number of hydrogen-bond donors (Lipinski definition) is 0. The van der Waals surface area contributed by atoms with Crippen LogP contribution >= 0.6 is 0 Å². The van der Waals surface area contributed by atoms with Crippen LogP contribution in [-0.2, 0) is 0 Å². The van der Waals surface area contributed by atoms with E-state index in [-0.39, 0.29) is 17.4 Å². The number of hydrogen-bond acceptors (Lipinski definition) is 3. The van der Waals surface area contributed by atoms with Crippen molar-refractivity contribution in [2.24, 2.45) is 5.92 Å². The number of halogens is 3. The lowest BCUT2D eigenvalue weighted by atomic mass is 10.1. The second kappa shape index (κ2) is 6.60. The van der Waals surface area contributed by atoms with E-state index in [0.29, 0.717) is 12.9 Å². The van der Waals surface area contributed by atoms with Crippen molar-refractivity contribution in [3.8, 4) is 17.0 Å². The van der Waals surface area contributed by atoms with Crippen LogP contribution in [0.15, 0.2) is 24.3 Å². The number of aldehydes is 1. The summed E-state index contributed by atoms with van der Waals surface area (Å²) >= 11 is 0. The van der Waals surface area contributed by atoms with Gasteiger partial charge >= 0.3 is 0 Å². The van der Waals surface area contributed by atoms with Crippen LogP contribution in [0.25, 0.3) is 11.3 Å². The molecule has 0 bridgehead atoms. The van der Waals surface area contributed by atoms with Crippen molar-refractivity contribution >= 4 is 6.29 Å². The molecular formula is C16H14F3NO2. The molecule has 0 aliphatic carbocycles. The molecule has 0 aliphatic rings. The first-order chi connectivity index (χ1) is 10.4. The fraction of sp³-hybridized carbons (Fsp3) is 0.250. The number of aromatic nitrogens is 1. The zero-order valence-electron chi connectivity index (χ0n) is 12.1. The average Bonchev–Trinajstić information content (AvgIpc) is 2.46. The molecule has 3 nitrogen and oxygen atoms in total. The van der Waals surface area contributed by atoms with Crippen molar-refractivity contribution in [3.63, 3.8) is 0 Å². The summed E-state index contributed by atoms with van der Waals surface area (Å²) < 4.78 is 47.3. The van der Waals surface area contributed by atoms with Crippen molar-refractivity contribution < 1.29 is 22.7 Å². The standard InChI is InChI=1S/C16H14F3NO2/c1-9(2)8-22-11-5-13(18)15(14(19)6-11)16-12(17)4-3-10(7-21)20-16/h3-7,9H,8H2,1-2H3. The van der Waals surface area contributed by atoms with Crippen molar-refractivity contribution in [1.82, 2.24) is 4.98 Å². The third kappa shape index (κ3) is 3.44. The van der Waals surface area contributed by atoms with Crippen LogP contribution in [0.1, 0.15) is 24.3 Å². The zero-order chi connectivity index (χ0) is 16.3. The smallest absolute Gasteiger partial charge is 0.168 e. The third-order valence-electron chi connectivity index (χ3n) is 2.82. The van der Waals surface area contributed by atoms with Crippen molar-refractivity contribution in [2.75, 3.05) is 6.61 Å². The molecule has 0 atom stereocenters. The second-order valence-corrected chi connectivity index (χ2v) is 5.15. The fourth-order valence-corrected chi connectivity index (χ4v) is 1.82. The minimum atomic E-state index is -1.01. The van der Waals surface area contributed by atoms with Gasteiger partial charge in [0.25, 0.3) is 0 Å². The van der Waals surface area contributed by atoms with Gasteiger partial charge in [-0.15, -0.1) is 0 Å². The Kier molecular flexibility index (Phi) is 4.80. The molecule has 0 spiro atoms. The first-order valence-corrected chi connectivity index (χ1v) is 6.66. The normalized spacial score (nSPS) is 10.8. The largest absolute Gasteiger partial charge is 0.493 e. The lowest BCUT2D eigenvalue weighted by Gasteiger charge is -2.11. The summed E-state index contributed by atoms with van der Waals surface area (Å²) in [5, 5.41) is 0. The molecule has 0 aliphatic heterocycles. The SMILES string of the molecule is CC(C)COc1cc(F)c(-c2nc(C=O)ccc2F)c(F)c1. The fourth-order valence-electron chi connectivity index (χ4n) is 1.82. The lowest BCUT2D eigenvalue weighted by Crippen LogP contribution is -2.06. The highest BCUT2D eigenvalue weighted by Crippen LogP contribution is 2.30. The monoisotopic (exact) mass is 309 g/mol. The maximum Gasteiger partial charge on any atom is 0.168 e. The van der Waals surface area contributed by atoms with E-state index in [9.17, 15) is 18.0 Å². The van der Waals surface area contributed by atoms with E-state index < -0.39 is 28.7 Å². The molecular weight excluding hydrogens is 295 g/mol. The maximum atomic E-state index is 14.1. The highest BCUT2D eigenvalue weighted by molar-refractivity contribution is 5.74. The second-order valence-electron chi connectivity index (χ2n) is 5.15. The first-order valence-electron chi connectivity index (χ1n) is 6.66. The number of ether oxygens (including phenoxy) is 1. The molecule has 2 aromatic rings. The lowest BCUT2D eigenvalue weighted by molar-refractivity contribution is 0.111. The quantitative estimate of drug-likeness (QED) is 0.783. The summed E-state index contributed by atoms with van der Waals surface area (Å²) in [7, 11) is 0. The summed E-state index contributed by atoms with van der Waals surface area (Å²) in [4.78, 5) is 14.3. The molecule has 1 heterocycles. The number of carbonyl (C=O) groups excluding carboxylic acids is 1. The minimum absolute atomic E-state index is 0.0133. The molecule has 0 N–H and O–H groups in total. The van der Waals surface area contributed by atoms with Gasteiger partial charge in [0.2, 0.25) is 0 Å². The van der Waals surface area contributed by atoms with E-state index in [0.717, 1.165) is 24.3 Å². The maximum absolute atomic E-state index is 14.1. The number of nitrogens with zero attached hydrogens (tertiary/aromatic N) is 1. The van der Waals surface area contributed by atoms with Gasteiger partial charge in [-0.2, -0.15) is 0 Å². The summed E-state index contributed by atoms with van der Waals surface area (Å²) in [6.07, 6.45) is 0.374.